The van der Waals surface area contributed by atoms with Gasteiger partial charge in [-0.25, -0.2) is 0 Å². The first-order valence-corrected chi connectivity index (χ1v) is 7.68. The molecule has 20 heavy (non-hydrogen) atoms. The standard InChI is InChI=1S/C15H33N3O.HI/c1-6-8-11-18(5)15(16-7-2)17-10-13-19-12-9-14(3)4;/h14H,6-13H2,1-5H3,(H,16,17);1H. The van der Waals surface area contributed by atoms with Crippen molar-refractivity contribution in [3.8, 4) is 0 Å². The number of unbranched alkanes of at least 4 members (excludes halogenated alkanes) is 1. The van der Waals surface area contributed by atoms with Gasteiger partial charge in [0.1, 0.15) is 0 Å². The van der Waals surface area contributed by atoms with Crippen molar-refractivity contribution in [3.63, 3.8) is 0 Å². The topological polar surface area (TPSA) is 36.9 Å². The van der Waals surface area contributed by atoms with E-state index in [4.69, 9.17) is 4.74 Å². The lowest BCUT2D eigenvalue weighted by Crippen LogP contribution is -2.39. The van der Waals surface area contributed by atoms with Crippen molar-refractivity contribution in [1.29, 1.82) is 0 Å². The molecule has 0 spiro atoms. The third kappa shape index (κ3) is 13.0. The average Bonchev–Trinajstić information content (AvgIpc) is 2.38. The van der Waals surface area contributed by atoms with Gasteiger partial charge in [0.15, 0.2) is 5.96 Å². The van der Waals surface area contributed by atoms with Gasteiger partial charge in [0.05, 0.1) is 13.2 Å². The van der Waals surface area contributed by atoms with Gasteiger partial charge in [-0.1, -0.05) is 27.2 Å². The van der Waals surface area contributed by atoms with Crippen molar-refractivity contribution in [2.45, 2.75) is 47.0 Å². The molecule has 0 fully saturated rings. The van der Waals surface area contributed by atoms with E-state index in [1.54, 1.807) is 0 Å². The zero-order chi connectivity index (χ0) is 14.5. The maximum Gasteiger partial charge on any atom is 0.193 e. The number of nitrogens with zero attached hydrogens (tertiary/aromatic N) is 2. The minimum absolute atomic E-state index is 0. The monoisotopic (exact) mass is 399 g/mol. The van der Waals surface area contributed by atoms with Gasteiger partial charge in [0.25, 0.3) is 0 Å². The SMILES string of the molecule is CCCCN(C)C(=NCCOCCC(C)C)NCC.I. The largest absolute Gasteiger partial charge is 0.380 e. The van der Waals surface area contributed by atoms with Gasteiger partial charge in [-0.2, -0.15) is 0 Å². The molecular formula is C15H34IN3O. The van der Waals surface area contributed by atoms with Gasteiger partial charge in [0.2, 0.25) is 0 Å². The summed E-state index contributed by atoms with van der Waals surface area (Å²) < 4.78 is 5.58. The van der Waals surface area contributed by atoms with Crippen LogP contribution in [0, 0.1) is 5.92 Å². The molecule has 0 amide bonds. The van der Waals surface area contributed by atoms with Gasteiger partial charge in [0, 0.05) is 26.7 Å². The highest BCUT2D eigenvalue weighted by Crippen LogP contribution is 1.98. The predicted molar refractivity (Wildman–Crippen MR) is 99.2 cm³/mol. The molecule has 0 radical (unpaired) electrons. The fourth-order valence-corrected chi connectivity index (χ4v) is 1.61. The molecule has 1 N–H and O–H groups in total. The summed E-state index contributed by atoms with van der Waals surface area (Å²) in [5.74, 6) is 1.70. The molecule has 0 aromatic carbocycles. The number of hydrogen-bond donors (Lipinski definition) is 1. The lowest BCUT2D eigenvalue weighted by molar-refractivity contribution is 0.130. The van der Waals surface area contributed by atoms with Crippen molar-refractivity contribution in [2.75, 3.05) is 39.9 Å². The van der Waals surface area contributed by atoms with Crippen molar-refractivity contribution >= 4 is 29.9 Å². The summed E-state index contributed by atoms with van der Waals surface area (Å²) in [4.78, 5) is 6.78. The van der Waals surface area contributed by atoms with Crippen LogP contribution in [0.25, 0.3) is 0 Å². The van der Waals surface area contributed by atoms with Crippen LogP contribution in [0.5, 0.6) is 0 Å². The number of guanidine groups is 1. The van der Waals surface area contributed by atoms with Crippen LogP contribution >= 0.6 is 24.0 Å². The fraction of sp³-hybridized carbons (Fsp3) is 0.933. The third-order valence-corrected chi connectivity index (χ3v) is 2.88. The highest BCUT2D eigenvalue weighted by molar-refractivity contribution is 14.0. The molecule has 5 heteroatoms. The molecule has 0 saturated carbocycles. The Balaban J connectivity index is 0. The Morgan fingerprint density at radius 3 is 2.50 bits per heavy atom. The summed E-state index contributed by atoms with van der Waals surface area (Å²) in [6, 6.07) is 0. The van der Waals surface area contributed by atoms with E-state index in [2.05, 4.69) is 50.0 Å². The fourth-order valence-electron chi connectivity index (χ4n) is 1.61. The smallest absolute Gasteiger partial charge is 0.193 e. The Labute approximate surface area is 142 Å². The molecule has 0 unspecified atom stereocenters. The van der Waals surface area contributed by atoms with E-state index >= 15 is 0 Å². The quantitative estimate of drug-likeness (QED) is 0.265. The normalized spacial score (nSPS) is 11.4. The zero-order valence-corrected chi connectivity index (χ0v) is 16.3. The minimum atomic E-state index is 0. The van der Waals surface area contributed by atoms with Crippen LogP contribution in [-0.4, -0.2) is 50.8 Å². The summed E-state index contributed by atoms with van der Waals surface area (Å²) in [7, 11) is 2.09. The number of ether oxygens (including phenoxy) is 1. The second-order valence-electron chi connectivity index (χ2n) is 5.31. The van der Waals surface area contributed by atoms with Gasteiger partial charge < -0.3 is 15.0 Å². The van der Waals surface area contributed by atoms with E-state index in [0.29, 0.717) is 12.5 Å². The highest BCUT2D eigenvalue weighted by Gasteiger charge is 2.03. The molecule has 0 aliphatic carbocycles. The van der Waals surface area contributed by atoms with E-state index < -0.39 is 0 Å². The lowest BCUT2D eigenvalue weighted by Gasteiger charge is -2.21. The Morgan fingerprint density at radius 2 is 1.95 bits per heavy atom. The van der Waals surface area contributed by atoms with Crippen LogP contribution < -0.4 is 5.32 Å². The summed E-state index contributed by atoms with van der Waals surface area (Å²) in [5.41, 5.74) is 0. The molecule has 0 atom stereocenters. The van der Waals surface area contributed by atoms with Crippen LogP contribution in [0.2, 0.25) is 0 Å². The van der Waals surface area contributed by atoms with Crippen molar-refractivity contribution in [3.05, 3.63) is 0 Å². The maximum absolute atomic E-state index is 5.58. The van der Waals surface area contributed by atoms with Crippen LogP contribution in [0.3, 0.4) is 0 Å². The molecule has 0 bridgehead atoms. The number of rotatable bonds is 10. The van der Waals surface area contributed by atoms with E-state index in [0.717, 1.165) is 38.6 Å². The molecule has 0 aliphatic heterocycles. The molecule has 0 saturated heterocycles. The van der Waals surface area contributed by atoms with Crippen LogP contribution in [0.4, 0.5) is 0 Å². The maximum atomic E-state index is 5.58. The summed E-state index contributed by atoms with van der Waals surface area (Å²) in [5, 5.41) is 3.32. The molecular weight excluding hydrogens is 365 g/mol. The van der Waals surface area contributed by atoms with Crippen LogP contribution in [0.1, 0.15) is 47.0 Å². The molecule has 122 valence electrons. The third-order valence-electron chi connectivity index (χ3n) is 2.88. The van der Waals surface area contributed by atoms with Crippen LogP contribution in [-0.2, 0) is 4.74 Å². The molecule has 0 rings (SSSR count). The van der Waals surface area contributed by atoms with Gasteiger partial charge in [-0.3, -0.25) is 4.99 Å². The van der Waals surface area contributed by atoms with E-state index in [1.165, 1.54) is 12.8 Å². The van der Waals surface area contributed by atoms with Gasteiger partial charge in [-0.15, -0.1) is 24.0 Å². The Kier molecular flexibility index (Phi) is 17.1. The Hall–Kier alpha value is -0.0400. The highest BCUT2D eigenvalue weighted by atomic mass is 127. The zero-order valence-electron chi connectivity index (χ0n) is 13.9. The number of halogens is 1. The van der Waals surface area contributed by atoms with E-state index in [1.807, 2.05) is 0 Å². The lowest BCUT2D eigenvalue weighted by atomic mass is 10.1. The van der Waals surface area contributed by atoms with Gasteiger partial charge >= 0.3 is 0 Å². The average molecular weight is 399 g/mol. The molecule has 0 aliphatic rings. The molecule has 0 aromatic rings. The summed E-state index contributed by atoms with van der Waals surface area (Å²) >= 11 is 0. The molecule has 0 aromatic heterocycles. The number of hydrogen-bond acceptors (Lipinski definition) is 2. The number of aliphatic imine (C=N–C) groups is 1. The Bertz CT molecular complexity index is 235. The second kappa shape index (κ2) is 15.4. The van der Waals surface area contributed by atoms with Crippen LogP contribution in [0.15, 0.2) is 4.99 Å². The minimum Gasteiger partial charge on any atom is -0.380 e. The van der Waals surface area contributed by atoms with E-state index in [-0.39, 0.29) is 24.0 Å². The number of nitrogens with one attached hydrogen (secondary N) is 1. The van der Waals surface area contributed by atoms with Crippen molar-refractivity contribution in [1.82, 2.24) is 10.2 Å². The first-order valence-electron chi connectivity index (χ1n) is 7.68. The predicted octanol–water partition coefficient (Wildman–Crippen LogP) is 3.36. The molecule has 0 heterocycles. The first kappa shape index (κ1) is 22.2. The first-order chi connectivity index (χ1) is 9.11. The van der Waals surface area contributed by atoms with Gasteiger partial charge in [-0.05, 0) is 25.7 Å². The van der Waals surface area contributed by atoms with Crippen molar-refractivity contribution in [2.24, 2.45) is 10.9 Å². The van der Waals surface area contributed by atoms with E-state index in [9.17, 15) is 0 Å². The summed E-state index contributed by atoms with van der Waals surface area (Å²) in [6.45, 7) is 13.0. The summed E-state index contributed by atoms with van der Waals surface area (Å²) in [6.07, 6.45) is 3.54. The Morgan fingerprint density at radius 1 is 1.25 bits per heavy atom. The molecule has 4 nitrogen and oxygen atoms in total. The second-order valence-corrected chi connectivity index (χ2v) is 5.31. The van der Waals surface area contributed by atoms with Crippen molar-refractivity contribution < 1.29 is 4.74 Å².